The van der Waals surface area contributed by atoms with E-state index in [1.165, 1.54) is 25.5 Å². The van der Waals surface area contributed by atoms with Crippen LogP contribution in [0.25, 0.3) is 0 Å². The molecule has 2 aromatic carbocycles. The molecule has 23 heavy (non-hydrogen) atoms. The van der Waals surface area contributed by atoms with Gasteiger partial charge in [0.25, 0.3) is 5.91 Å². The van der Waals surface area contributed by atoms with Gasteiger partial charge in [-0.05, 0) is 36.4 Å². The Balaban J connectivity index is 2.13. The summed E-state index contributed by atoms with van der Waals surface area (Å²) < 4.78 is 18.8. The fourth-order valence-electron chi connectivity index (χ4n) is 1.80. The molecule has 116 valence electrons. The number of nitrogens with zero attached hydrogens (tertiary/aromatic N) is 2. The molecule has 0 heterocycles. The number of benzene rings is 2. The second-order valence-corrected chi connectivity index (χ2v) is 4.83. The first-order valence-corrected chi connectivity index (χ1v) is 6.79. The maximum atomic E-state index is 13.7. The lowest BCUT2D eigenvalue weighted by Crippen LogP contribution is -2.19. The van der Waals surface area contributed by atoms with Crippen LogP contribution in [0.5, 0.6) is 5.75 Å². The van der Waals surface area contributed by atoms with Gasteiger partial charge in [-0.1, -0.05) is 11.6 Å². The van der Waals surface area contributed by atoms with Crippen LogP contribution in [-0.4, -0.2) is 19.2 Å². The molecule has 0 saturated heterocycles. The maximum absolute atomic E-state index is 13.7. The molecule has 2 rings (SSSR count). The van der Waals surface area contributed by atoms with Gasteiger partial charge in [-0.25, -0.2) is 9.82 Å². The minimum absolute atomic E-state index is 0.131. The fourth-order valence-corrected chi connectivity index (χ4v) is 1.98. The van der Waals surface area contributed by atoms with Gasteiger partial charge < -0.3 is 4.74 Å². The molecule has 0 bridgehead atoms. The number of halogens is 2. The van der Waals surface area contributed by atoms with Crippen LogP contribution in [0.3, 0.4) is 0 Å². The van der Waals surface area contributed by atoms with Gasteiger partial charge in [-0.2, -0.15) is 10.4 Å². The maximum Gasteiger partial charge on any atom is 0.274 e. The normalized spacial score (nSPS) is 10.3. The van der Waals surface area contributed by atoms with E-state index in [0.717, 1.165) is 6.07 Å². The topological polar surface area (TPSA) is 74.5 Å². The molecule has 0 unspecified atom stereocenters. The van der Waals surface area contributed by atoms with Crippen molar-refractivity contribution >= 4 is 23.7 Å². The van der Waals surface area contributed by atoms with Crippen molar-refractivity contribution in [2.24, 2.45) is 5.10 Å². The molecule has 5 nitrogen and oxygen atoms in total. The van der Waals surface area contributed by atoms with E-state index < -0.39 is 11.7 Å². The summed E-state index contributed by atoms with van der Waals surface area (Å²) in [6.07, 6.45) is 1.34. The highest BCUT2D eigenvalue weighted by Gasteiger charge is 2.11. The van der Waals surface area contributed by atoms with E-state index in [0.29, 0.717) is 16.3 Å². The van der Waals surface area contributed by atoms with Gasteiger partial charge in [0.2, 0.25) is 0 Å². The number of hydrazone groups is 1. The number of ether oxygens (including phenoxy) is 1. The van der Waals surface area contributed by atoms with Crippen LogP contribution >= 0.6 is 11.6 Å². The smallest absolute Gasteiger partial charge is 0.274 e. The molecule has 7 heteroatoms. The Labute approximate surface area is 137 Å². The molecule has 0 aliphatic heterocycles. The largest absolute Gasteiger partial charge is 0.496 e. The van der Waals surface area contributed by atoms with Gasteiger partial charge in [0.1, 0.15) is 11.6 Å². The molecule has 0 fully saturated rings. The van der Waals surface area contributed by atoms with Crippen molar-refractivity contribution in [2.45, 2.75) is 0 Å². The Morgan fingerprint density at radius 3 is 2.83 bits per heavy atom. The highest BCUT2D eigenvalue weighted by molar-refractivity contribution is 6.30. The summed E-state index contributed by atoms with van der Waals surface area (Å²) >= 11 is 5.88. The van der Waals surface area contributed by atoms with Crippen LogP contribution < -0.4 is 10.2 Å². The molecule has 0 aromatic heterocycles. The van der Waals surface area contributed by atoms with Crippen molar-refractivity contribution < 1.29 is 13.9 Å². The summed E-state index contributed by atoms with van der Waals surface area (Å²) in [4.78, 5) is 11.9. The first kappa shape index (κ1) is 16.5. The highest BCUT2D eigenvalue weighted by Crippen LogP contribution is 2.20. The average Bonchev–Trinajstić information content (AvgIpc) is 2.54. The molecule has 0 atom stereocenters. The number of amides is 1. The van der Waals surface area contributed by atoms with E-state index in [1.807, 2.05) is 0 Å². The van der Waals surface area contributed by atoms with Crippen LogP contribution in [0.4, 0.5) is 4.39 Å². The molecule has 2 aromatic rings. The van der Waals surface area contributed by atoms with Gasteiger partial charge in [-0.15, -0.1) is 0 Å². The van der Waals surface area contributed by atoms with Crippen molar-refractivity contribution in [3.05, 3.63) is 63.9 Å². The Morgan fingerprint density at radius 1 is 1.39 bits per heavy atom. The van der Waals surface area contributed by atoms with Crippen LogP contribution in [0, 0.1) is 17.1 Å². The van der Waals surface area contributed by atoms with Crippen molar-refractivity contribution in [2.75, 3.05) is 7.11 Å². The minimum Gasteiger partial charge on any atom is -0.496 e. The Hall–Kier alpha value is -2.91. The molecular weight excluding hydrogens is 321 g/mol. The van der Waals surface area contributed by atoms with Crippen LogP contribution in [0.1, 0.15) is 21.5 Å². The molecule has 0 saturated carbocycles. The Morgan fingerprint density at radius 2 is 2.17 bits per heavy atom. The number of carbonyl (C=O) groups excluding carboxylic acids is 1. The predicted molar refractivity (Wildman–Crippen MR) is 84.2 cm³/mol. The summed E-state index contributed by atoms with van der Waals surface area (Å²) in [5.74, 6) is -1.00. The van der Waals surface area contributed by atoms with Gasteiger partial charge in [0, 0.05) is 10.6 Å². The number of nitrogens with one attached hydrogen (secondary N) is 1. The summed E-state index contributed by atoms with van der Waals surface area (Å²) in [7, 11) is 1.49. The van der Waals surface area contributed by atoms with E-state index in [1.54, 1.807) is 24.3 Å². The van der Waals surface area contributed by atoms with Gasteiger partial charge in [0.15, 0.2) is 0 Å². The fraction of sp³-hybridized carbons (Fsp3) is 0.0625. The third-order valence-electron chi connectivity index (χ3n) is 2.90. The summed E-state index contributed by atoms with van der Waals surface area (Å²) in [6.45, 7) is 0. The number of hydrogen-bond donors (Lipinski definition) is 1. The van der Waals surface area contributed by atoms with Crippen LogP contribution in [-0.2, 0) is 0 Å². The predicted octanol–water partition coefficient (Wildman–Crippen LogP) is 3.12. The Bertz CT molecular complexity index is 815. The second-order valence-electron chi connectivity index (χ2n) is 4.39. The zero-order valence-corrected chi connectivity index (χ0v) is 12.8. The third-order valence-corrected chi connectivity index (χ3v) is 3.14. The van der Waals surface area contributed by atoms with Crippen molar-refractivity contribution in [3.63, 3.8) is 0 Å². The summed E-state index contributed by atoms with van der Waals surface area (Å²) in [5, 5.41) is 12.9. The highest BCUT2D eigenvalue weighted by atomic mass is 35.5. The molecule has 0 radical (unpaired) electrons. The van der Waals surface area contributed by atoms with Gasteiger partial charge in [0.05, 0.1) is 30.5 Å². The number of nitriles is 1. The van der Waals surface area contributed by atoms with Gasteiger partial charge in [-0.3, -0.25) is 4.79 Å². The van der Waals surface area contributed by atoms with Gasteiger partial charge >= 0.3 is 0 Å². The van der Waals surface area contributed by atoms with Crippen molar-refractivity contribution in [1.82, 2.24) is 5.43 Å². The zero-order chi connectivity index (χ0) is 16.8. The van der Waals surface area contributed by atoms with E-state index >= 15 is 0 Å². The van der Waals surface area contributed by atoms with Crippen molar-refractivity contribution in [1.29, 1.82) is 5.26 Å². The van der Waals surface area contributed by atoms with E-state index in [2.05, 4.69) is 10.5 Å². The first-order valence-electron chi connectivity index (χ1n) is 6.41. The van der Waals surface area contributed by atoms with Crippen LogP contribution in [0.15, 0.2) is 41.5 Å². The number of rotatable bonds is 4. The van der Waals surface area contributed by atoms with Crippen LogP contribution in [0.2, 0.25) is 5.02 Å². The molecule has 0 aliphatic rings. The molecule has 1 N–H and O–H groups in total. The zero-order valence-electron chi connectivity index (χ0n) is 12.0. The van der Waals surface area contributed by atoms with Crippen molar-refractivity contribution in [3.8, 4) is 11.8 Å². The monoisotopic (exact) mass is 331 g/mol. The first-order chi connectivity index (χ1) is 11.0. The Kier molecular flexibility index (Phi) is 5.28. The van der Waals surface area contributed by atoms with E-state index in [9.17, 15) is 9.18 Å². The standard InChI is InChI=1S/C16H11ClFN3O2/c1-23-15-5-3-12(17)7-11(15)9-20-21-16(22)13-4-2-10(8-19)6-14(13)18/h2-7,9H,1H3,(H,21,22)/b20-9-. The number of hydrogen-bond acceptors (Lipinski definition) is 4. The number of carbonyl (C=O) groups is 1. The number of methoxy groups -OCH3 is 1. The molecule has 1 amide bonds. The van der Waals surface area contributed by atoms with E-state index in [-0.39, 0.29) is 11.1 Å². The summed E-state index contributed by atoms with van der Waals surface area (Å²) in [5.41, 5.74) is 2.68. The molecular formula is C16H11ClFN3O2. The lowest BCUT2D eigenvalue weighted by atomic mass is 10.1. The minimum atomic E-state index is -0.794. The third kappa shape index (κ3) is 4.05. The quantitative estimate of drug-likeness (QED) is 0.691. The molecule has 0 spiro atoms. The lowest BCUT2D eigenvalue weighted by molar-refractivity contribution is 0.0951. The lowest BCUT2D eigenvalue weighted by Gasteiger charge is -2.05. The molecule has 0 aliphatic carbocycles. The van der Waals surface area contributed by atoms with E-state index in [4.69, 9.17) is 21.6 Å². The summed E-state index contributed by atoms with van der Waals surface area (Å²) in [6, 6.07) is 10.3. The average molecular weight is 332 g/mol. The SMILES string of the molecule is COc1ccc(Cl)cc1/C=N\NC(=O)c1ccc(C#N)cc1F. The second kappa shape index (κ2) is 7.38.